The third-order valence-corrected chi connectivity index (χ3v) is 2.94. The monoisotopic (exact) mass is 278 g/mol. The molecule has 0 atom stereocenters. The number of aryl methyl sites for hydroxylation is 1. The molecule has 0 heterocycles. The number of hydrogen-bond acceptors (Lipinski definition) is 2. The Morgan fingerprint density at radius 2 is 2.00 bits per heavy atom. The first-order chi connectivity index (χ1) is 8.97. The second-order valence-corrected chi connectivity index (χ2v) is 4.58. The molecule has 19 heavy (non-hydrogen) atoms. The molecule has 0 fully saturated rings. The number of rotatable bonds is 2. The third-order valence-electron chi connectivity index (χ3n) is 2.63. The van der Waals surface area contributed by atoms with Crippen LogP contribution in [0.15, 0.2) is 36.4 Å². The fourth-order valence-corrected chi connectivity index (χ4v) is 1.76. The zero-order valence-corrected chi connectivity index (χ0v) is 11.0. The Kier molecular flexibility index (Phi) is 3.71. The van der Waals surface area contributed by atoms with Crippen molar-refractivity contribution in [2.24, 2.45) is 0 Å². The maximum atomic E-state index is 13.3. The van der Waals surface area contributed by atoms with Gasteiger partial charge in [-0.2, -0.15) is 0 Å². The molecular weight excluding hydrogens is 267 g/mol. The Morgan fingerprint density at radius 1 is 1.26 bits per heavy atom. The molecule has 2 rings (SSSR count). The van der Waals surface area contributed by atoms with E-state index in [1.165, 1.54) is 12.1 Å². The van der Waals surface area contributed by atoms with E-state index in [0.717, 1.165) is 11.6 Å². The summed E-state index contributed by atoms with van der Waals surface area (Å²) in [5.41, 5.74) is 7.72. The molecule has 3 N–H and O–H groups in total. The average Bonchev–Trinajstić information content (AvgIpc) is 2.36. The molecule has 2 aromatic rings. The molecule has 1 amide bonds. The summed E-state index contributed by atoms with van der Waals surface area (Å²) in [5.74, 6) is -0.973. The number of carbonyl (C=O) groups is 1. The van der Waals surface area contributed by atoms with Gasteiger partial charge >= 0.3 is 0 Å². The Hall–Kier alpha value is -2.07. The van der Waals surface area contributed by atoms with Crippen molar-refractivity contribution in [1.29, 1.82) is 0 Å². The molecule has 98 valence electrons. The fourth-order valence-electron chi connectivity index (χ4n) is 1.64. The van der Waals surface area contributed by atoms with Crippen LogP contribution in [0.4, 0.5) is 15.8 Å². The lowest BCUT2D eigenvalue weighted by atomic mass is 10.1. The van der Waals surface area contributed by atoms with Gasteiger partial charge < -0.3 is 11.1 Å². The number of anilines is 2. The van der Waals surface area contributed by atoms with Gasteiger partial charge in [-0.25, -0.2) is 4.39 Å². The Bertz CT molecular complexity index is 643. The number of nitrogens with two attached hydrogens (primary N) is 1. The fraction of sp³-hybridized carbons (Fsp3) is 0.0714. The number of nitrogens with one attached hydrogen (secondary N) is 1. The maximum absolute atomic E-state index is 13.3. The highest BCUT2D eigenvalue weighted by molar-refractivity contribution is 6.30. The topological polar surface area (TPSA) is 55.1 Å². The van der Waals surface area contributed by atoms with Gasteiger partial charge in [0.1, 0.15) is 5.82 Å². The molecule has 0 aliphatic heterocycles. The molecule has 0 saturated heterocycles. The standard InChI is InChI=1S/C14H12ClFN2O/c1-8-2-5-13(17)10(6-8)14(19)18-9-3-4-11(15)12(16)7-9/h2-7H,17H2,1H3,(H,18,19). The van der Waals surface area contributed by atoms with E-state index in [1.54, 1.807) is 12.1 Å². The zero-order valence-electron chi connectivity index (χ0n) is 10.2. The molecule has 0 aromatic heterocycles. The van der Waals surface area contributed by atoms with Gasteiger partial charge in [0.25, 0.3) is 5.91 Å². The molecule has 5 heteroatoms. The van der Waals surface area contributed by atoms with Crippen LogP contribution in [-0.2, 0) is 0 Å². The lowest BCUT2D eigenvalue weighted by Gasteiger charge is -2.08. The molecular formula is C14H12ClFN2O. The minimum Gasteiger partial charge on any atom is -0.398 e. The summed E-state index contributed by atoms with van der Waals surface area (Å²) in [7, 11) is 0. The molecule has 0 spiro atoms. The second kappa shape index (κ2) is 5.28. The first kappa shape index (κ1) is 13.4. The predicted octanol–water partition coefficient (Wildman–Crippen LogP) is 3.62. The molecule has 2 aromatic carbocycles. The average molecular weight is 279 g/mol. The van der Waals surface area contributed by atoms with Crippen molar-refractivity contribution in [3.8, 4) is 0 Å². The normalized spacial score (nSPS) is 10.3. The van der Waals surface area contributed by atoms with Crippen LogP contribution in [0.2, 0.25) is 5.02 Å². The van der Waals surface area contributed by atoms with Crippen LogP contribution in [-0.4, -0.2) is 5.91 Å². The Balaban J connectivity index is 2.25. The molecule has 0 saturated carbocycles. The largest absolute Gasteiger partial charge is 0.398 e. The second-order valence-electron chi connectivity index (χ2n) is 4.17. The van der Waals surface area contributed by atoms with Crippen molar-refractivity contribution in [2.75, 3.05) is 11.1 Å². The van der Waals surface area contributed by atoms with Crippen LogP contribution in [0.5, 0.6) is 0 Å². The van der Waals surface area contributed by atoms with Crippen molar-refractivity contribution in [3.05, 3.63) is 58.4 Å². The van der Waals surface area contributed by atoms with E-state index < -0.39 is 5.82 Å². The maximum Gasteiger partial charge on any atom is 0.257 e. The van der Waals surface area contributed by atoms with Gasteiger partial charge in [-0.3, -0.25) is 4.79 Å². The number of halogens is 2. The highest BCUT2D eigenvalue weighted by atomic mass is 35.5. The van der Waals surface area contributed by atoms with E-state index in [0.29, 0.717) is 16.9 Å². The van der Waals surface area contributed by atoms with Crippen LogP contribution < -0.4 is 11.1 Å². The summed E-state index contributed by atoms with van der Waals surface area (Å²) in [6, 6.07) is 9.21. The highest BCUT2D eigenvalue weighted by Crippen LogP contribution is 2.20. The van der Waals surface area contributed by atoms with Gasteiger partial charge in [-0.15, -0.1) is 0 Å². The minimum absolute atomic E-state index is 0.00747. The molecule has 3 nitrogen and oxygen atoms in total. The van der Waals surface area contributed by atoms with E-state index >= 15 is 0 Å². The summed E-state index contributed by atoms with van der Waals surface area (Å²) in [6.45, 7) is 1.86. The van der Waals surface area contributed by atoms with Crippen molar-refractivity contribution in [1.82, 2.24) is 0 Å². The van der Waals surface area contributed by atoms with Crippen molar-refractivity contribution in [3.63, 3.8) is 0 Å². The SMILES string of the molecule is Cc1ccc(N)c(C(=O)Nc2ccc(Cl)c(F)c2)c1. The summed E-state index contributed by atoms with van der Waals surface area (Å²) in [6.07, 6.45) is 0. The van der Waals surface area contributed by atoms with Gasteiger partial charge in [0, 0.05) is 11.4 Å². The van der Waals surface area contributed by atoms with E-state index in [2.05, 4.69) is 5.32 Å². The lowest BCUT2D eigenvalue weighted by molar-refractivity contribution is 0.102. The van der Waals surface area contributed by atoms with Crippen LogP contribution >= 0.6 is 11.6 Å². The van der Waals surface area contributed by atoms with E-state index in [1.807, 2.05) is 13.0 Å². The van der Waals surface area contributed by atoms with Crippen LogP contribution in [0, 0.1) is 12.7 Å². The Morgan fingerprint density at radius 3 is 2.68 bits per heavy atom. The van der Waals surface area contributed by atoms with Crippen molar-refractivity contribution in [2.45, 2.75) is 6.92 Å². The lowest BCUT2D eigenvalue weighted by Crippen LogP contribution is -2.14. The molecule has 0 aliphatic carbocycles. The van der Waals surface area contributed by atoms with Crippen LogP contribution in [0.3, 0.4) is 0 Å². The van der Waals surface area contributed by atoms with Crippen LogP contribution in [0.1, 0.15) is 15.9 Å². The summed E-state index contributed by atoms with van der Waals surface area (Å²) >= 11 is 5.57. The molecule has 0 radical (unpaired) electrons. The van der Waals surface area contributed by atoms with Gasteiger partial charge in [0.05, 0.1) is 10.6 Å². The highest BCUT2D eigenvalue weighted by Gasteiger charge is 2.11. The molecule has 0 aliphatic rings. The van der Waals surface area contributed by atoms with Gasteiger partial charge in [0.2, 0.25) is 0 Å². The molecule has 0 bridgehead atoms. The predicted molar refractivity (Wildman–Crippen MR) is 75.0 cm³/mol. The van der Waals surface area contributed by atoms with Crippen LogP contribution in [0.25, 0.3) is 0 Å². The van der Waals surface area contributed by atoms with E-state index in [9.17, 15) is 9.18 Å². The van der Waals surface area contributed by atoms with Gasteiger partial charge in [-0.1, -0.05) is 23.2 Å². The molecule has 0 unspecified atom stereocenters. The minimum atomic E-state index is -0.586. The van der Waals surface area contributed by atoms with Crippen molar-refractivity contribution < 1.29 is 9.18 Å². The quantitative estimate of drug-likeness (QED) is 0.824. The van der Waals surface area contributed by atoms with E-state index in [-0.39, 0.29) is 10.9 Å². The summed E-state index contributed by atoms with van der Waals surface area (Å²) in [5, 5.41) is 2.58. The first-order valence-electron chi connectivity index (χ1n) is 5.60. The number of amides is 1. The van der Waals surface area contributed by atoms with Gasteiger partial charge in [-0.05, 0) is 37.3 Å². The zero-order chi connectivity index (χ0) is 14.0. The first-order valence-corrected chi connectivity index (χ1v) is 5.97. The van der Waals surface area contributed by atoms with Gasteiger partial charge in [0.15, 0.2) is 0 Å². The smallest absolute Gasteiger partial charge is 0.257 e. The Labute approximate surface area is 115 Å². The summed E-state index contributed by atoms with van der Waals surface area (Å²) in [4.78, 5) is 12.0. The van der Waals surface area contributed by atoms with Crippen molar-refractivity contribution >= 4 is 28.9 Å². The number of hydrogen-bond donors (Lipinski definition) is 2. The van der Waals surface area contributed by atoms with E-state index in [4.69, 9.17) is 17.3 Å². The number of nitrogen functional groups attached to an aromatic ring is 1. The number of benzene rings is 2. The number of carbonyl (C=O) groups excluding carboxylic acids is 1. The summed E-state index contributed by atoms with van der Waals surface area (Å²) < 4.78 is 13.3. The third kappa shape index (κ3) is 3.03.